The first-order chi connectivity index (χ1) is 17.2. The van der Waals surface area contributed by atoms with Crippen molar-refractivity contribution in [1.82, 2.24) is 19.2 Å². The summed E-state index contributed by atoms with van der Waals surface area (Å²) in [7, 11) is 0. The van der Waals surface area contributed by atoms with Gasteiger partial charge in [0.05, 0.1) is 11.1 Å². The minimum absolute atomic E-state index is 0.308. The summed E-state index contributed by atoms with van der Waals surface area (Å²) in [6, 6.07) is 19.6. The van der Waals surface area contributed by atoms with Crippen LogP contribution < -0.4 is 11.0 Å². The van der Waals surface area contributed by atoms with Gasteiger partial charge in [-0.05, 0) is 24.8 Å². The van der Waals surface area contributed by atoms with Gasteiger partial charge in [-0.3, -0.25) is 15.0 Å². The number of carbonyl (C=O) groups excluding carboxylic acids is 1. The molecule has 2 aromatic carbocycles. The molecule has 0 unspecified atom stereocenters. The number of carbonyl (C=O) groups is 1. The highest BCUT2D eigenvalue weighted by Crippen LogP contribution is 2.30. The zero-order valence-electron chi connectivity index (χ0n) is 19.0. The lowest BCUT2D eigenvalue weighted by Crippen LogP contribution is -2.33. The third-order valence-corrected chi connectivity index (χ3v) is 7.30. The van der Waals surface area contributed by atoms with Gasteiger partial charge in [-0.1, -0.05) is 67.1 Å². The van der Waals surface area contributed by atoms with Gasteiger partial charge in [0.1, 0.15) is 17.0 Å². The molecule has 0 spiro atoms. The standard InChI is InChI=1S/C27H23N5O2S/c33-25(23-21-14-8-3-9-15-31(21)24(29-23)19-12-6-2-7-13-19)30-32-17-28-26-22(27(32)34)20(16-35-26)18-10-4-1-5-11-18/h1-2,4-7,10-13,16-17H,3,8-9,14-15H2,(H,30,33). The molecule has 0 saturated carbocycles. The molecule has 35 heavy (non-hydrogen) atoms. The summed E-state index contributed by atoms with van der Waals surface area (Å²) in [4.78, 5) is 36.7. The molecule has 0 aliphatic carbocycles. The second kappa shape index (κ2) is 8.96. The lowest BCUT2D eigenvalue weighted by molar-refractivity contribution is 0.100. The fraction of sp³-hybridized carbons (Fsp3) is 0.185. The molecule has 1 aliphatic rings. The summed E-state index contributed by atoms with van der Waals surface area (Å²) < 4.78 is 3.34. The van der Waals surface area contributed by atoms with E-state index in [1.807, 2.05) is 66.0 Å². The number of benzene rings is 2. The van der Waals surface area contributed by atoms with E-state index in [0.717, 1.165) is 60.4 Å². The zero-order chi connectivity index (χ0) is 23.8. The SMILES string of the molecule is O=C(Nn1cnc2scc(-c3ccccc3)c2c1=O)c1nc(-c2ccccc2)n2c1CCCCC2. The molecule has 8 heteroatoms. The van der Waals surface area contributed by atoms with Crippen molar-refractivity contribution in [2.75, 3.05) is 5.43 Å². The molecular formula is C27H23N5O2S. The molecule has 0 bridgehead atoms. The Balaban J connectivity index is 1.40. The average Bonchev–Trinajstić information content (AvgIpc) is 3.41. The molecule has 1 amide bonds. The molecule has 1 N–H and O–H groups in total. The van der Waals surface area contributed by atoms with Crippen LogP contribution in [-0.4, -0.2) is 25.1 Å². The van der Waals surface area contributed by atoms with Crippen LogP contribution >= 0.6 is 11.3 Å². The van der Waals surface area contributed by atoms with Crippen LogP contribution in [0, 0.1) is 0 Å². The molecule has 0 fully saturated rings. The van der Waals surface area contributed by atoms with E-state index in [0.29, 0.717) is 15.9 Å². The van der Waals surface area contributed by atoms with Gasteiger partial charge < -0.3 is 4.57 Å². The number of hydrogen-bond donors (Lipinski definition) is 1. The van der Waals surface area contributed by atoms with Crippen LogP contribution in [0.2, 0.25) is 0 Å². The van der Waals surface area contributed by atoms with Gasteiger partial charge >= 0.3 is 0 Å². The predicted octanol–water partition coefficient (Wildman–Crippen LogP) is 5.10. The van der Waals surface area contributed by atoms with Crippen molar-refractivity contribution in [3.8, 4) is 22.5 Å². The smallest absolute Gasteiger partial charge is 0.290 e. The number of thiophene rings is 1. The summed E-state index contributed by atoms with van der Waals surface area (Å²) in [6.07, 6.45) is 5.31. The van der Waals surface area contributed by atoms with E-state index >= 15 is 0 Å². The minimum atomic E-state index is -0.405. The number of aromatic nitrogens is 4. The molecule has 174 valence electrons. The maximum atomic E-state index is 13.5. The minimum Gasteiger partial charge on any atom is -0.327 e. The van der Waals surface area contributed by atoms with Gasteiger partial charge in [0.25, 0.3) is 11.5 Å². The van der Waals surface area contributed by atoms with E-state index in [4.69, 9.17) is 4.98 Å². The number of imidazole rings is 1. The normalized spacial score (nSPS) is 13.4. The first-order valence-corrected chi connectivity index (χ1v) is 12.6. The lowest BCUT2D eigenvalue weighted by atomic mass is 10.1. The van der Waals surface area contributed by atoms with Crippen molar-refractivity contribution in [2.24, 2.45) is 0 Å². The molecule has 1 aliphatic heterocycles. The molecule has 7 nitrogen and oxygen atoms in total. The lowest BCUT2D eigenvalue weighted by Gasteiger charge is -2.10. The molecule has 0 atom stereocenters. The van der Waals surface area contributed by atoms with E-state index < -0.39 is 5.91 Å². The van der Waals surface area contributed by atoms with Gasteiger partial charge in [-0.15, -0.1) is 11.3 Å². The highest BCUT2D eigenvalue weighted by molar-refractivity contribution is 7.17. The third kappa shape index (κ3) is 3.85. The maximum absolute atomic E-state index is 13.5. The Kier molecular flexibility index (Phi) is 5.50. The maximum Gasteiger partial charge on any atom is 0.290 e. The predicted molar refractivity (Wildman–Crippen MR) is 138 cm³/mol. The Bertz CT molecular complexity index is 1580. The molecule has 0 saturated heterocycles. The van der Waals surface area contributed by atoms with Crippen LogP contribution in [0.4, 0.5) is 0 Å². The Morgan fingerprint density at radius 1 is 0.943 bits per heavy atom. The van der Waals surface area contributed by atoms with Gasteiger partial charge in [-0.25, -0.2) is 14.6 Å². The Labute approximate surface area is 205 Å². The summed E-state index contributed by atoms with van der Waals surface area (Å²) >= 11 is 1.42. The quantitative estimate of drug-likeness (QED) is 0.387. The van der Waals surface area contributed by atoms with Crippen LogP contribution in [-0.2, 0) is 13.0 Å². The third-order valence-electron chi connectivity index (χ3n) is 6.42. The number of nitrogens with one attached hydrogen (secondary N) is 1. The first kappa shape index (κ1) is 21.5. The summed E-state index contributed by atoms with van der Waals surface area (Å²) in [5, 5.41) is 2.43. The Morgan fingerprint density at radius 2 is 1.69 bits per heavy atom. The Hall–Kier alpha value is -4.04. The average molecular weight is 482 g/mol. The number of rotatable bonds is 4. The van der Waals surface area contributed by atoms with Crippen LogP contribution in [0.3, 0.4) is 0 Å². The van der Waals surface area contributed by atoms with Gasteiger partial charge in [0.2, 0.25) is 0 Å². The van der Waals surface area contributed by atoms with Crippen molar-refractivity contribution in [3.63, 3.8) is 0 Å². The van der Waals surface area contributed by atoms with Crippen molar-refractivity contribution < 1.29 is 4.79 Å². The van der Waals surface area contributed by atoms with Crippen molar-refractivity contribution in [3.05, 3.63) is 94.1 Å². The largest absolute Gasteiger partial charge is 0.327 e. The second-order valence-electron chi connectivity index (χ2n) is 8.62. The van der Waals surface area contributed by atoms with Gasteiger partial charge in [0, 0.05) is 23.1 Å². The van der Waals surface area contributed by atoms with Crippen molar-refractivity contribution >= 4 is 27.5 Å². The van der Waals surface area contributed by atoms with E-state index in [1.165, 1.54) is 22.3 Å². The van der Waals surface area contributed by atoms with E-state index in [9.17, 15) is 9.59 Å². The first-order valence-electron chi connectivity index (χ1n) is 11.7. The molecule has 5 aromatic rings. The topological polar surface area (TPSA) is 81.8 Å². The van der Waals surface area contributed by atoms with Crippen LogP contribution in [0.5, 0.6) is 0 Å². The van der Waals surface area contributed by atoms with E-state index in [2.05, 4.69) is 15.0 Å². The summed E-state index contributed by atoms with van der Waals surface area (Å²) in [5.74, 6) is 0.385. The Morgan fingerprint density at radius 3 is 2.46 bits per heavy atom. The van der Waals surface area contributed by atoms with E-state index in [-0.39, 0.29) is 5.56 Å². The van der Waals surface area contributed by atoms with Crippen molar-refractivity contribution in [1.29, 1.82) is 0 Å². The molecule has 0 radical (unpaired) electrons. The number of hydrogen-bond acceptors (Lipinski definition) is 5. The van der Waals surface area contributed by atoms with Crippen molar-refractivity contribution in [2.45, 2.75) is 32.2 Å². The van der Waals surface area contributed by atoms with E-state index in [1.54, 1.807) is 0 Å². The highest BCUT2D eigenvalue weighted by atomic mass is 32.1. The van der Waals surface area contributed by atoms with Gasteiger partial charge in [-0.2, -0.15) is 0 Å². The number of fused-ring (bicyclic) bond motifs is 2. The zero-order valence-corrected chi connectivity index (χ0v) is 19.8. The van der Waals surface area contributed by atoms with Crippen LogP contribution in [0.1, 0.15) is 35.4 Å². The number of amides is 1. The summed E-state index contributed by atoms with van der Waals surface area (Å²) in [6.45, 7) is 0.822. The summed E-state index contributed by atoms with van der Waals surface area (Å²) in [5.41, 5.74) is 6.46. The molecular weight excluding hydrogens is 458 g/mol. The van der Waals surface area contributed by atoms with Crippen LogP contribution in [0.25, 0.3) is 32.7 Å². The molecule has 3 aromatic heterocycles. The highest BCUT2D eigenvalue weighted by Gasteiger charge is 2.25. The molecule has 4 heterocycles. The van der Waals surface area contributed by atoms with Crippen LogP contribution in [0.15, 0.2) is 77.2 Å². The van der Waals surface area contributed by atoms with Gasteiger partial charge in [0.15, 0.2) is 5.69 Å². The second-order valence-corrected chi connectivity index (χ2v) is 9.47. The number of nitrogens with zero attached hydrogens (tertiary/aromatic N) is 4. The molecule has 6 rings (SSSR count). The monoisotopic (exact) mass is 481 g/mol. The fourth-order valence-corrected chi connectivity index (χ4v) is 5.62. The fourth-order valence-electron chi connectivity index (χ4n) is 4.71.